The average molecular weight is 395 g/mol. The van der Waals surface area contributed by atoms with Crippen LogP contribution in [0.15, 0.2) is 40.8 Å². The van der Waals surface area contributed by atoms with Gasteiger partial charge in [-0.25, -0.2) is 4.98 Å². The van der Waals surface area contributed by atoms with E-state index in [1.165, 1.54) is 22.2 Å². The van der Waals surface area contributed by atoms with Crippen molar-refractivity contribution in [3.63, 3.8) is 0 Å². The Labute approximate surface area is 167 Å². The Morgan fingerprint density at radius 3 is 2.64 bits per heavy atom. The van der Waals surface area contributed by atoms with Gasteiger partial charge < -0.3 is 5.32 Å². The fourth-order valence-corrected chi connectivity index (χ4v) is 3.72. The standard InChI is InChI=1S/C21H22N4O2S/c1-13(2)21(4,11-22)24-17(26)9-25-12-23-19-18(20(25)27)16(10-28-19)15-7-5-14(3)6-8-15/h5-8,10,12-13H,9H2,1-4H3,(H,24,26)/t21-/m1/s1. The van der Waals surface area contributed by atoms with E-state index in [9.17, 15) is 14.9 Å². The van der Waals surface area contributed by atoms with Gasteiger partial charge in [-0.15, -0.1) is 11.3 Å². The summed E-state index contributed by atoms with van der Waals surface area (Å²) >= 11 is 1.40. The van der Waals surface area contributed by atoms with Gasteiger partial charge in [0.25, 0.3) is 5.56 Å². The van der Waals surface area contributed by atoms with Gasteiger partial charge in [0.1, 0.15) is 16.9 Å². The van der Waals surface area contributed by atoms with Gasteiger partial charge in [0.15, 0.2) is 0 Å². The first kappa shape index (κ1) is 19.8. The van der Waals surface area contributed by atoms with E-state index in [4.69, 9.17) is 0 Å². The second kappa shape index (κ2) is 7.56. The van der Waals surface area contributed by atoms with E-state index in [2.05, 4.69) is 16.4 Å². The van der Waals surface area contributed by atoms with Gasteiger partial charge in [-0.05, 0) is 25.3 Å². The van der Waals surface area contributed by atoms with Crippen molar-refractivity contribution in [2.75, 3.05) is 0 Å². The molecular weight excluding hydrogens is 372 g/mol. The molecule has 0 bridgehead atoms. The van der Waals surface area contributed by atoms with Crippen molar-refractivity contribution in [3.05, 3.63) is 51.9 Å². The predicted molar refractivity (Wildman–Crippen MR) is 111 cm³/mol. The molecule has 1 amide bonds. The molecule has 144 valence electrons. The van der Waals surface area contributed by atoms with Crippen LogP contribution in [0.4, 0.5) is 0 Å². The Hall–Kier alpha value is -2.98. The number of carbonyl (C=O) groups excluding carboxylic acids is 1. The van der Waals surface area contributed by atoms with Crippen molar-refractivity contribution < 1.29 is 4.79 Å². The summed E-state index contributed by atoms with van der Waals surface area (Å²) in [6.07, 6.45) is 1.39. The molecule has 28 heavy (non-hydrogen) atoms. The van der Waals surface area contributed by atoms with E-state index in [0.29, 0.717) is 10.2 Å². The van der Waals surface area contributed by atoms with E-state index in [-0.39, 0.29) is 18.0 Å². The fourth-order valence-electron chi connectivity index (χ4n) is 2.81. The molecule has 0 aliphatic rings. The molecule has 1 N–H and O–H groups in total. The van der Waals surface area contributed by atoms with Crippen molar-refractivity contribution in [1.29, 1.82) is 5.26 Å². The minimum Gasteiger partial charge on any atom is -0.336 e. The van der Waals surface area contributed by atoms with Crippen LogP contribution in [0, 0.1) is 24.2 Å². The molecule has 6 nitrogen and oxygen atoms in total. The van der Waals surface area contributed by atoms with Crippen LogP contribution in [-0.2, 0) is 11.3 Å². The molecule has 0 aliphatic carbocycles. The monoisotopic (exact) mass is 394 g/mol. The van der Waals surface area contributed by atoms with Gasteiger partial charge in [0, 0.05) is 10.9 Å². The first-order valence-electron chi connectivity index (χ1n) is 9.01. The summed E-state index contributed by atoms with van der Waals surface area (Å²) in [5.74, 6) is -0.461. The maximum atomic E-state index is 13.0. The summed E-state index contributed by atoms with van der Waals surface area (Å²) in [5.41, 5.74) is 1.64. The predicted octanol–water partition coefficient (Wildman–Crippen LogP) is 3.49. The van der Waals surface area contributed by atoms with Crippen LogP contribution in [0.5, 0.6) is 0 Å². The lowest BCUT2D eigenvalue weighted by Crippen LogP contribution is -2.50. The van der Waals surface area contributed by atoms with Crippen molar-refractivity contribution in [3.8, 4) is 17.2 Å². The molecule has 0 saturated heterocycles. The number of nitrogens with one attached hydrogen (secondary N) is 1. The second-order valence-electron chi connectivity index (χ2n) is 7.39. The summed E-state index contributed by atoms with van der Waals surface area (Å²) in [5, 5.41) is 14.5. The lowest BCUT2D eigenvalue weighted by Gasteiger charge is -2.27. The maximum Gasteiger partial charge on any atom is 0.263 e. The van der Waals surface area contributed by atoms with Crippen LogP contribution in [0.25, 0.3) is 21.3 Å². The third-order valence-electron chi connectivity index (χ3n) is 5.02. The zero-order valence-corrected chi connectivity index (χ0v) is 17.1. The number of thiophene rings is 1. The summed E-state index contributed by atoms with van der Waals surface area (Å²) in [6.45, 7) is 7.23. The smallest absolute Gasteiger partial charge is 0.263 e. The Bertz CT molecular complexity index is 1120. The van der Waals surface area contributed by atoms with Crippen LogP contribution in [0.3, 0.4) is 0 Å². The molecule has 1 aromatic carbocycles. The Balaban J connectivity index is 1.96. The molecule has 2 aromatic heterocycles. The largest absolute Gasteiger partial charge is 0.336 e. The van der Waals surface area contributed by atoms with E-state index in [0.717, 1.165) is 16.7 Å². The highest BCUT2D eigenvalue weighted by atomic mass is 32.1. The number of benzene rings is 1. The lowest BCUT2D eigenvalue weighted by molar-refractivity contribution is -0.123. The minimum atomic E-state index is -0.992. The lowest BCUT2D eigenvalue weighted by atomic mass is 9.90. The van der Waals surface area contributed by atoms with Gasteiger partial charge in [0.2, 0.25) is 5.91 Å². The van der Waals surface area contributed by atoms with Crippen LogP contribution in [-0.4, -0.2) is 21.0 Å². The summed E-state index contributed by atoms with van der Waals surface area (Å²) < 4.78 is 1.29. The Kier molecular flexibility index (Phi) is 5.34. The highest BCUT2D eigenvalue weighted by molar-refractivity contribution is 7.17. The second-order valence-corrected chi connectivity index (χ2v) is 8.25. The number of nitrogens with zero attached hydrogens (tertiary/aromatic N) is 3. The molecule has 0 unspecified atom stereocenters. The fraction of sp³-hybridized carbons (Fsp3) is 0.333. The molecule has 1 atom stereocenters. The molecule has 0 aliphatic heterocycles. The number of aromatic nitrogens is 2. The molecule has 7 heteroatoms. The number of nitriles is 1. The molecule has 2 heterocycles. The van der Waals surface area contributed by atoms with Crippen molar-refractivity contribution in [1.82, 2.24) is 14.9 Å². The van der Waals surface area contributed by atoms with E-state index < -0.39 is 11.4 Å². The number of hydrogen-bond donors (Lipinski definition) is 1. The minimum absolute atomic E-state index is 0.0659. The average Bonchev–Trinajstić information content (AvgIpc) is 3.09. The van der Waals surface area contributed by atoms with E-state index >= 15 is 0 Å². The zero-order chi connectivity index (χ0) is 20.5. The summed E-state index contributed by atoms with van der Waals surface area (Å²) in [7, 11) is 0. The molecular formula is C21H22N4O2S. The highest BCUT2D eigenvalue weighted by Crippen LogP contribution is 2.30. The van der Waals surface area contributed by atoms with Gasteiger partial charge >= 0.3 is 0 Å². The molecule has 0 saturated carbocycles. The number of amides is 1. The Morgan fingerprint density at radius 1 is 1.36 bits per heavy atom. The van der Waals surface area contributed by atoms with Crippen LogP contribution >= 0.6 is 11.3 Å². The zero-order valence-electron chi connectivity index (χ0n) is 16.3. The van der Waals surface area contributed by atoms with Crippen molar-refractivity contribution in [2.45, 2.75) is 39.8 Å². The van der Waals surface area contributed by atoms with E-state index in [1.54, 1.807) is 6.92 Å². The number of aryl methyl sites for hydroxylation is 1. The number of hydrogen-bond acceptors (Lipinski definition) is 5. The molecule has 3 rings (SSSR count). The topological polar surface area (TPSA) is 87.8 Å². The first-order valence-corrected chi connectivity index (χ1v) is 9.89. The third kappa shape index (κ3) is 3.69. The van der Waals surface area contributed by atoms with Gasteiger partial charge in [-0.1, -0.05) is 43.7 Å². The molecule has 0 spiro atoms. The van der Waals surface area contributed by atoms with Crippen LogP contribution in [0.1, 0.15) is 26.3 Å². The van der Waals surface area contributed by atoms with Crippen LogP contribution in [0.2, 0.25) is 0 Å². The molecule has 3 aromatic rings. The molecule has 0 fully saturated rings. The van der Waals surface area contributed by atoms with Gasteiger partial charge in [-0.3, -0.25) is 14.2 Å². The summed E-state index contributed by atoms with van der Waals surface area (Å²) in [4.78, 5) is 30.5. The highest BCUT2D eigenvalue weighted by Gasteiger charge is 2.30. The van der Waals surface area contributed by atoms with Crippen molar-refractivity contribution in [2.24, 2.45) is 5.92 Å². The first-order chi connectivity index (χ1) is 13.2. The summed E-state index contributed by atoms with van der Waals surface area (Å²) in [6, 6.07) is 10.1. The Morgan fingerprint density at radius 2 is 2.04 bits per heavy atom. The number of fused-ring (bicyclic) bond motifs is 1. The van der Waals surface area contributed by atoms with Gasteiger partial charge in [-0.2, -0.15) is 5.26 Å². The maximum absolute atomic E-state index is 13.0. The quantitative estimate of drug-likeness (QED) is 0.717. The van der Waals surface area contributed by atoms with Crippen molar-refractivity contribution >= 4 is 27.5 Å². The van der Waals surface area contributed by atoms with Crippen LogP contribution < -0.4 is 10.9 Å². The SMILES string of the molecule is Cc1ccc(-c2csc3ncn(CC(=O)N[C@](C)(C#N)C(C)C)c(=O)c23)cc1. The molecule has 0 radical (unpaired) electrons. The van der Waals surface area contributed by atoms with E-state index in [1.807, 2.05) is 50.4 Å². The normalized spacial score (nSPS) is 13.3. The third-order valence-corrected chi connectivity index (χ3v) is 5.91. The number of rotatable bonds is 5. The van der Waals surface area contributed by atoms with Gasteiger partial charge in [0.05, 0.1) is 17.8 Å². The number of carbonyl (C=O) groups is 1.